The number of hydrogen-bond donors (Lipinski definition) is 5. The highest BCUT2D eigenvalue weighted by molar-refractivity contribution is 5.98. The van der Waals surface area contributed by atoms with Gasteiger partial charge in [0.25, 0.3) is 5.69 Å². The number of carbonyl (C=O) groups excluding carboxylic acids is 3. The lowest BCUT2D eigenvalue weighted by atomic mass is 10.0. The van der Waals surface area contributed by atoms with Crippen molar-refractivity contribution >= 4 is 29.1 Å². The molecule has 37 heavy (non-hydrogen) atoms. The maximum absolute atomic E-state index is 13.3. The summed E-state index contributed by atoms with van der Waals surface area (Å²) in [5.74, 6) is -1.59. The minimum atomic E-state index is -0.955. The number of unbranched alkanes of at least 4 members (excludes halogenated alkanes) is 1. The summed E-state index contributed by atoms with van der Waals surface area (Å²) in [6, 6.07) is 11.9. The van der Waals surface area contributed by atoms with Gasteiger partial charge in [0.15, 0.2) is 0 Å². The standard InChI is InChI=1S/C26H36N6O5/c1-17(2)23(28)26(35)31-22(16-18-8-4-3-5-9-18)25(34)30-21(10-6-7-15-27)24(33)29-19-11-13-20(14-12-19)32(36)37/h3-5,8-9,11-14,17,21-23H,6-7,10,15-16,27-28H2,1-2H3,(H,29,33)(H,30,34)(H,31,35)/t21-,22-,23-/m0/s1. The van der Waals surface area contributed by atoms with E-state index in [1.165, 1.54) is 24.3 Å². The van der Waals surface area contributed by atoms with E-state index >= 15 is 0 Å². The number of nitrogens with zero attached hydrogens (tertiary/aromatic N) is 1. The molecule has 11 heteroatoms. The van der Waals surface area contributed by atoms with Gasteiger partial charge in [-0.25, -0.2) is 0 Å². The van der Waals surface area contributed by atoms with Crippen molar-refractivity contribution in [2.45, 2.75) is 57.7 Å². The van der Waals surface area contributed by atoms with Crippen LogP contribution in [0, 0.1) is 16.0 Å². The summed E-state index contributed by atoms with van der Waals surface area (Å²) in [6.45, 7) is 4.06. The Kier molecular flexibility index (Phi) is 11.7. The van der Waals surface area contributed by atoms with E-state index in [-0.39, 0.29) is 18.0 Å². The zero-order valence-corrected chi connectivity index (χ0v) is 21.2. The van der Waals surface area contributed by atoms with Crippen molar-refractivity contribution in [3.05, 3.63) is 70.3 Å². The molecule has 11 nitrogen and oxygen atoms in total. The van der Waals surface area contributed by atoms with Crippen molar-refractivity contribution in [3.8, 4) is 0 Å². The molecule has 0 aliphatic carbocycles. The predicted octanol–water partition coefficient (Wildman–Crippen LogP) is 1.86. The van der Waals surface area contributed by atoms with Crippen LogP contribution in [0.3, 0.4) is 0 Å². The van der Waals surface area contributed by atoms with Gasteiger partial charge < -0.3 is 27.4 Å². The van der Waals surface area contributed by atoms with Crippen LogP contribution >= 0.6 is 0 Å². The third-order valence-corrected chi connectivity index (χ3v) is 5.86. The molecule has 200 valence electrons. The quantitative estimate of drug-likeness (QED) is 0.145. The molecular weight excluding hydrogens is 476 g/mol. The van der Waals surface area contributed by atoms with Gasteiger partial charge in [0, 0.05) is 24.2 Å². The third kappa shape index (κ3) is 9.62. The summed E-state index contributed by atoms with van der Waals surface area (Å²) >= 11 is 0. The molecule has 2 aromatic carbocycles. The van der Waals surface area contributed by atoms with Crippen molar-refractivity contribution in [2.24, 2.45) is 17.4 Å². The van der Waals surface area contributed by atoms with Gasteiger partial charge in [-0.05, 0) is 49.4 Å². The summed E-state index contributed by atoms with van der Waals surface area (Å²) < 4.78 is 0. The van der Waals surface area contributed by atoms with Gasteiger partial charge in [-0.3, -0.25) is 24.5 Å². The highest BCUT2D eigenvalue weighted by Crippen LogP contribution is 2.16. The highest BCUT2D eigenvalue weighted by Gasteiger charge is 2.29. The average Bonchev–Trinajstić information content (AvgIpc) is 2.88. The summed E-state index contributed by atoms with van der Waals surface area (Å²) in [5, 5.41) is 19.1. The molecule has 0 bridgehead atoms. The number of nitro benzene ring substituents is 1. The van der Waals surface area contributed by atoms with Gasteiger partial charge in [-0.15, -0.1) is 0 Å². The van der Waals surface area contributed by atoms with E-state index in [1.54, 1.807) is 0 Å². The van der Waals surface area contributed by atoms with Gasteiger partial charge in [-0.1, -0.05) is 44.2 Å². The third-order valence-electron chi connectivity index (χ3n) is 5.86. The topological polar surface area (TPSA) is 182 Å². The number of hydrogen-bond acceptors (Lipinski definition) is 7. The molecule has 0 saturated carbocycles. The van der Waals surface area contributed by atoms with Crippen molar-refractivity contribution in [1.82, 2.24) is 10.6 Å². The number of anilines is 1. The first-order chi connectivity index (χ1) is 17.6. The fraction of sp³-hybridized carbons (Fsp3) is 0.423. The fourth-order valence-corrected chi connectivity index (χ4v) is 3.56. The first-order valence-electron chi connectivity index (χ1n) is 12.3. The van der Waals surface area contributed by atoms with Crippen molar-refractivity contribution in [1.29, 1.82) is 0 Å². The summed E-state index contributed by atoms with van der Waals surface area (Å²) in [4.78, 5) is 49.4. The number of benzene rings is 2. The maximum atomic E-state index is 13.3. The molecule has 7 N–H and O–H groups in total. The molecule has 0 spiro atoms. The smallest absolute Gasteiger partial charge is 0.269 e. The molecule has 0 radical (unpaired) electrons. The number of amides is 3. The number of nitrogens with two attached hydrogens (primary N) is 2. The van der Waals surface area contributed by atoms with Gasteiger partial charge in [-0.2, -0.15) is 0 Å². The van der Waals surface area contributed by atoms with Gasteiger partial charge in [0.1, 0.15) is 12.1 Å². The molecule has 0 fully saturated rings. The van der Waals surface area contributed by atoms with Crippen molar-refractivity contribution in [2.75, 3.05) is 11.9 Å². The summed E-state index contributed by atoms with van der Waals surface area (Å²) in [7, 11) is 0. The Hall–Kier alpha value is -3.83. The van der Waals surface area contributed by atoms with E-state index < -0.39 is 40.8 Å². The normalized spacial score (nSPS) is 13.3. The second-order valence-electron chi connectivity index (χ2n) is 9.16. The van der Waals surface area contributed by atoms with Gasteiger partial charge in [0.2, 0.25) is 17.7 Å². The summed E-state index contributed by atoms with van der Waals surface area (Å²) in [5.41, 5.74) is 12.7. The van der Waals surface area contributed by atoms with Crippen LogP contribution in [0.15, 0.2) is 54.6 Å². The van der Waals surface area contributed by atoms with E-state index in [2.05, 4.69) is 16.0 Å². The maximum Gasteiger partial charge on any atom is 0.269 e. The van der Waals surface area contributed by atoms with Crippen LogP contribution < -0.4 is 27.4 Å². The fourth-order valence-electron chi connectivity index (χ4n) is 3.56. The predicted molar refractivity (Wildman–Crippen MR) is 141 cm³/mol. The van der Waals surface area contributed by atoms with Gasteiger partial charge in [0.05, 0.1) is 11.0 Å². The van der Waals surface area contributed by atoms with Crippen LogP contribution in [0.5, 0.6) is 0 Å². The van der Waals surface area contributed by atoms with Crippen LogP contribution in [0.2, 0.25) is 0 Å². The van der Waals surface area contributed by atoms with Crippen LogP contribution in [-0.2, 0) is 20.8 Å². The van der Waals surface area contributed by atoms with Crippen LogP contribution in [-0.4, -0.2) is 47.3 Å². The second kappa shape index (κ2) is 14.7. The van der Waals surface area contributed by atoms with E-state index in [1.807, 2.05) is 44.2 Å². The first-order valence-corrected chi connectivity index (χ1v) is 12.3. The van der Waals surface area contributed by atoms with E-state index in [0.717, 1.165) is 5.56 Å². The van der Waals surface area contributed by atoms with Crippen LogP contribution in [0.25, 0.3) is 0 Å². The Labute approximate surface area is 216 Å². The Morgan fingerprint density at radius 3 is 2.08 bits per heavy atom. The molecule has 0 unspecified atom stereocenters. The monoisotopic (exact) mass is 512 g/mol. The minimum Gasteiger partial charge on any atom is -0.343 e. The molecule has 2 aromatic rings. The van der Waals surface area contributed by atoms with Crippen LogP contribution in [0.4, 0.5) is 11.4 Å². The van der Waals surface area contributed by atoms with Crippen molar-refractivity contribution < 1.29 is 19.3 Å². The number of nitrogens with one attached hydrogen (secondary N) is 3. The Morgan fingerprint density at radius 1 is 0.892 bits per heavy atom. The lowest BCUT2D eigenvalue weighted by Gasteiger charge is -2.25. The SMILES string of the molecule is CC(C)[C@H](N)C(=O)N[C@@H](Cc1ccccc1)C(=O)N[C@@H](CCCCN)C(=O)Nc1ccc([N+](=O)[O-])cc1. The average molecular weight is 513 g/mol. The molecular formula is C26H36N6O5. The Morgan fingerprint density at radius 2 is 1.51 bits per heavy atom. The molecule has 0 aliphatic heterocycles. The van der Waals surface area contributed by atoms with Crippen molar-refractivity contribution in [3.63, 3.8) is 0 Å². The number of nitro groups is 1. The van der Waals surface area contributed by atoms with E-state index in [0.29, 0.717) is 31.5 Å². The zero-order valence-electron chi connectivity index (χ0n) is 21.2. The molecule has 0 saturated heterocycles. The number of non-ortho nitro benzene ring substituents is 1. The van der Waals surface area contributed by atoms with Gasteiger partial charge >= 0.3 is 0 Å². The lowest BCUT2D eigenvalue weighted by Crippen LogP contribution is -2.56. The Balaban J connectivity index is 2.20. The Bertz CT molecular complexity index is 1050. The van der Waals surface area contributed by atoms with E-state index in [4.69, 9.17) is 11.5 Å². The molecule has 3 amide bonds. The number of rotatable bonds is 14. The first kappa shape index (κ1) is 29.4. The van der Waals surface area contributed by atoms with E-state index in [9.17, 15) is 24.5 Å². The lowest BCUT2D eigenvalue weighted by molar-refractivity contribution is -0.384. The highest BCUT2D eigenvalue weighted by atomic mass is 16.6. The number of carbonyl (C=O) groups is 3. The molecule has 3 atom stereocenters. The molecule has 2 rings (SSSR count). The molecule has 0 aromatic heterocycles. The van der Waals surface area contributed by atoms with Crippen LogP contribution in [0.1, 0.15) is 38.7 Å². The molecule has 0 heterocycles. The molecule has 0 aliphatic rings. The largest absolute Gasteiger partial charge is 0.343 e. The summed E-state index contributed by atoms with van der Waals surface area (Å²) in [6.07, 6.45) is 1.77. The minimum absolute atomic E-state index is 0.107. The zero-order chi connectivity index (χ0) is 27.4. The second-order valence-corrected chi connectivity index (χ2v) is 9.16.